The molecule has 1 saturated heterocycles. The number of hydrogen-bond donors (Lipinski definition) is 1. The lowest BCUT2D eigenvalue weighted by atomic mass is 9.74. The molecule has 2 aliphatic heterocycles. The number of nitrogens with zero attached hydrogens (tertiary/aromatic N) is 3. The van der Waals surface area contributed by atoms with Crippen molar-refractivity contribution in [2.45, 2.75) is 57.0 Å². The van der Waals surface area contributed by atoms with Gasteiger partial charge in [0, 0.05) is 31.1 Å². The number of piperidine rings is 1. The second kappa shape index (κ2) is 10.4. The number of hydrogen-bond acceptors (Lipinski definition) is 4. The Morgan fingerprint density at radius 1 is 1.14 bits per heavy atom. The average molecular weight is 512 g/mol. The van der Waals surface area contributed by atoms with E-state index in [9.17, 15) is 33.1 Å². The van der Waals surface area contributed by atoms with Gasteiger partial charge in [0.05, 0.1) is 23.2 Å². The molecule has 2 unspecified atom stereocenters. The molecule has 0 spiro atoms. The molecule has 0 aromatic heterocycles. The minimum Gasteiger partial charge on any atom is -0.478 e. The van der Waals surface area contributed by atoms with Crippen LogP contribution in [0.4, 0.5) is 13.2 Å². The van der Waals surface area contributed by atoms with Crippen LogP contribution in [0.5, 0.6) is 0 Å². The van der Waals surface area contributed by atoms with Gasteiger partial charge in [0.2, 0.25) is 5.91 Å². The highest BCUT2D eigenvalue weighted by Crippen LogP contribution is 2.41. The van der Waals surface area contributed by atoms with Crippen LogP contribution in [-0.4, -0.2) is 46.0 Å². The van der Waals surface area contributed by atoms with Gasteiger partial charge in [0.1, 0.15) is 5.82 Å². The predicted molar refractivity (Wildman–Crippen MR) is 129 cm³/mol. The molecular weight excluding hydrogens is 483 g/mol. The van der Waals surface area contributed by atoms with Gasteiger partial charge in [-0.05, 0) is 61.6 Å². The molecule has 1 fully saturated rings. The number of halogens is 3. The number of allylic oxidation sites excluding steroid dienone is 1. The Kier molecular flexibility index (Phi) is 7.42. The summed E-state index contributed by atoms with van der Waals surface area (Å²) in [6.07, 6.45) is 0.839. The number of benzene rings is 2. The van der Waals surface area contributed by atoms with Gasteiger partial charge in [-0.25, -0.2) is 18.0 Å². The molecule has 2 aliphatic rings. The number of rotatable bonds is 6. The monoisotopic (exact) mass is 511 g/mol. The Morgan fingerprint density at radius 2 is 1.78 bits per heavy atom. The molecule has 4 rings (SSSR count). The van der Waals surface area contributed by atoms with Crippen LogP contribution in [0, 0.1) is 28.8 Å². The third kappa shape index (κ3) is 4.86. The summed E-state index contributed by atoms with van der Waals surface area (Å²) in [4.78, 5) is 29.3. The van der Waals surface area contributed by atoms with Crippen LogP contribution in [0.15, 0.2) is 53.7 Å². The number of carbonyl (C=O) groups excluding carboxylic acids is 1. The Hall–Kier alpha value is -3.64. The number of amides is 1. The Labute approximate surface area is 213 Å². The maximum absolute atomic E-state index is 13.9. The predicted octanol–water partition coefficient (Wildman–Crippen LogP) is 5.07. The Balaban J connectivity index is 1.62. The molecule has 2 atom stereocenters. The molecule has 6 nitrogen and oxygen atoms in total. The molecule has 2 aromatic carbocycles. The van der Waals surface area contributed by atoms with Gasteiger partial charge in [-0.15, -0.1) is 0 Å². The highest BCUT2D eigenvalue weighted by molar-refractivity contribution is 5.94. The van der Waals surface area contributed by atoms with Gasteiger partial charge < -0.3 is 5.11 Å². The molecule has 1 amide bonds. The van der Waals surface area contributed by atoms with Crippen LogP contribution < -0.4 is 0 Å². The number of carboxylic acids is 1. The molecular formula is C28H28F3N3O3. The molecule has 0 bridgehead atoms. The lowest BCUT2D eigenvalue weighted by Gasteiger charge is -2.47. The fraction of sp³-hybridized carbons (Fsp3) is 0.393. The standard InChI is InChI=1S/C28H28F3N3O3/c1-3-24(33-12-10-28(16-32,11-13-33)19-5-7-20(29)8-6-19)34-17(2)26(27(36)37)21(15-25(34)35)18-4-9-22(30)23(31)14-18/h4-9,14,21,24H,3,10-13,15H2,1-2H3,(H,36,37). The van der Waals surface area contributed by atoms with E-state index in [-0.39, 0.29) is 35.0 Å². The van der Waals surface area contributed by atoms with Crippen LogP contribution in [0.2, 0.25) is 0 Å². The maximum atomic E-state index is 13.9. The minimum atomic E-state index is -1.22. The van der Waals surface area contributed by atoms with E-state index in [1.165, 1.54) is 23.1 Å². The third-order valence-corrected chi connectivity index (χ3v) is 7.67. The van der Waals surface area contributed by atoms with Gasteiger partial charge in [0.15, 0.2) is 11.6 Å². The van der Waals surface area contributed by atoms with Gasteiger partial charge in [-0.2, -0.15) is 5.26 Å². The first-order valence-corrected chi connectivity index (χ1v) is 12.2. The second-order valence-electron chi connectivity index (χ2n) is 9.62. The van der Waals surface area contributed by atoms with Crippen molar-refractivity contribution in [3.63, 3.8) is 0 Å². The van der Waals surface area contributed by atoms with E-state index in [4.69, 9.17) is 0 Å². The SMILES string of the molecule is CCC(N1CCC(C#N)(c2ccc(F)cc2)CC1)N1C(=O)CC(c2ccc(F)c(F)c2)C(C(=O)O)=C1C. The normalized spacial score (nSPS) is 21.0. The third-order valence-electron chi connectivity index (χ3n) is 7.67. The molecule has 1 N–H and O–H groups in total. The fourth-order valence-electron chi connectivity index (χ4n) is 5.69. The summed E-state index contributed by atoms with van der Waals surface area (Å²) in [7, 11) is 0. The van der Waals surface area contributed by atoms with Crippen molar-refractivity contribution in [1.82, 2.24) is 9.80 Å². The molecule has 0 aliphatic carbocycles. The van der Waals surface area contributed by atoms with Gasteiger partial charge >= 0.3 is 5.97 Å². The molecule has 37 heavy (non-hydrogen) atoms. The first-order valence-electron chi connectivity index (χ1n) is 12.2. The average Bonchev–Trinajstić information content (AvgIpc) is 2.88. The first kappa shape index (κ1) is 26.4. The molecule has 0 saturated carbocycles. The molecule has 9 heteroatoms. The fourth-order valence-corrected chi connectivity index (χ4v) is 5.69. The Morgan fingerprint density at radius 3 is 2.32 bits per heavy atom. The molecule has 2 aromatic rings. The van der Waals surface area contributed by atoms with Crippen LogP contribution in [0.3, 0.4) is 0 Å². The van der Waals surface area contributed by atoms with Crippen molar-refractivity contribution >= 4 is 11.9 Å². The zero-order valence-electron chi connectivity index (χ0n) is 20.7. The zero-order chi connectivity index (χ0) is 26.9. The number of aliphatic carboxylic acids is 1. The second-order valence-corrected chi connectivity index (χ2v) is 9.62. The first-order chi connectivity index (χ1) is 17.6. The van der Waals surface area contributed by atoms with Crippen LogP contribution in [0.1, 0.15) is 56.6 Å². The Bertz CT molecular complexity index is 1280. The van der Waals surface area contributed by atoms with Crippen molar-refractivity contribution in [3.8, 4) is 6.07 Å². The van der Waals surface area contributed by atoms with Gasteiger partial charge in [-0.1, -0.05) is 25.1 Å². The quantitative estimate of drug-likeness (QED) is 0.585. The smallest absolute Gasteiger partial charge is 0.333 e. The number of nitriles is 1. The van der Waals surface area contributed by atoms with E-state index >= 15 is 0 Å². The van der Waals surface area contributed by atoms with Crippen molar-refractivity contribution in [1.29, 1.82) is 5.26 Å². The summed E-state index contributed by atoms with van der Waals surface area (Å²) < 4.78 is 40.8. The summed E-state index contributed by atoms with van der Waals surface area (Å²) in [5.74, 6) is -4.95. The number of carboxylic acid groups (broad SMARTS) is 1. The van der Waals surface area contributed by atoms with Crippen molar-refractivity contribution in [2.24, 2.45) is 0 Å². The number of carbonyl (C=O) groups is 2. The van der Waals surface area contributed by atoms with E-state index in [2.05, 4.69) is 11.0 Å². The van der Waals surface area contributed by atoms with Crippen LogP contribution in [-0.2, 0) is 15.0 Å². The van der Waals surface area contributed by atoms with Gasteiger partial charge in [-0.3, -0.25) is 14.6 Å². The highest BCUT2D eigenvalue weighted by Gasteiger charge is 2.43. The van der Waals surface area contributed by atoms with E-state index in [0.717, 1.165) is 17.7 Å². The highest BCUT2D eigenvalue weighted by atomic mass is 19.2. The van der Waals surface area contributed by atoms with E-state index in [0.29, 0.717) is 32.4 Å². The summed E-state index contributed by atoms with van der Waals surface area (Å²) >= 11 is 0. The maximum Gasteiger partial charge on any atom is 0.333 e. The lowest BCUT2D eigenvalue weighted by Crippen LogP contribution is -2.55. The molecule has 0 radical (unpaired) electrons. The van der Waals surface area contributed by atoms with E-state index in [1.807, 2.05) is 6.92 Å². The summed E-state index contributed by atoms with van der Waals surface area (Å²) in [5.41, 5.74) is 0.438. The van der Waals surface area contributed by atoms with Crippen molar-refractivity contribution in [3.05, 3.63) is 82.3 Å². The lowest BCUT2D eigenvalue weighted by molar-refractivity contribution is -0.139. The minimum absolute atomic E-state index is 0.0289. The molecule has 194 valence electrons. The number of likely N-dealkylation sites (tertiary alicyclic amines) is 1. The van der Waals surface area contributed by atoms with Crippen molar-refractivity contribution in [2.75, 3.05) is 13.1 Å². The summed E-state index contributed by atoms with van der Waals surface area (Å²) in [6, 6.07) is 11.5. The van der Waals surface area contributed by atoms with Crippen LogP contribution in [0.25, 0.3) is 0 Å². The summed E-state index contributed by atoms with van der Waals surface area (Å²) in [5, 5.41) is 20.0. The van der Waals surface area contributed by atoms with E-state index in [1.54, 1.807) is 19.1 Å². The van der Waals surface area contributed by atoms with Crippen molar-refractivity contribution < 1.29 is 27.9 Å². The largest absolute Gasteiger partial charge is 0.478 e. The topological polar surface area (TPSA) is 84.6 Å². The van der Waals surface area contributed by atoms with Gasteiger partial charge in [0.25, 0.3) is 0 Å². The van der Waals surface area contributed by atoms with Crippen LogP contribution >= 0.6 is 0 Å². The molecule has 2 heterocycles. The summed E-state index contributed by atoms with van der Waals surface area (Å²) in [6.45, 7) is 4.43. The van der Waals surface area contributed by atoms with E-state index < -0.39 is 35.1 Å². The zero-order valence-corrected chi connectivity index (χ0v) is 20.7.